The van der Waals surface area contributed by atoms with Gasteiger partial charge in [0, 0.05) is 42.5 Å². The Morgan fingerprint density at radius 3 is 2.60 bits per heavy atom. The van der Waals surface area contributed by atoms with Gasteiger partial charge in [0.1, 0.15) is 17.2 Å². The number of hydrogen-bond donors (Lipinski definition) is 1. The van der Waals surface area contributed by atoms with Crippen molar-refractivity contribution in [2.24, 2.45) is 0 Å². The van der Waals surface area contributed by atoms with E-state index in [2.05, 4.69) is 15.3 Å². The van der Waals surface area contributed by atoms with Crippen LogP contribution in [0.4, 0.5) is 15.1 Å². The molecule has 3 heterocycles. The number of carbonyl (C=O) groups is 1. The molecule has 0 unspecified atom stereocenters. The van der Waals surface area contributed by atoms with Gasteiger partial charge >= 0.3 is 6.09 Å². The zero-order chi connectivity index (χ0) is 34.6. The highest BCUT2D eigenvalue weighted by molar-refractivity contribution is 7.90. The lowest BCUT2D eigenvalue weighted by Gasteiger charge is -2.34. The minimum atomic E-state index is -3.50. The van der Waals surface area contributed by atoms with Gasteiger partial charge in [-0.25, -0.2) is 32.6 Å². The molecule has 1 aliphatic rings. The minimum absolute atomic E-state index is 0.0202. The second kappa shape index (κ2) is 14.4. The molecule has 0 saturated carbocycles. The summed E-state index contributed by atoms with van der Waals surface area (Å²) in [5.74, 6) is 0.173. The number of rotatable bonds is 10. The molecule has 0 spiro atoms. The van der Waals surface area contributed by atoms with E-state index in [0.717, 1.165) is 30.4 Å². The average Bonchev–Trinajstić information content (AvgIpc) is 3.03. The third kappa shape index (κ3) is 8.39. The van der Waals surface area contributed by atoms with Gasteiger partial charge in [-0.3, -0.25) is 0 Å². The van der Waals surface area contributed by atoms with Crippen LogP contribution in [0.3, 0.4) is 0 Å². The van der Waals surface area contributed by atoms with E-state index in [1.807, 2.05) is 40.7 Å². The van der Waals surface area contributed by atoms with Gasteiger partial charge in [0.2, 0.25) is 11.8 Å². The molecule has 1 aliphatic heterocycles. The number of amides is 1. The molecule has 0 radical (unpaired) electrons. The summed E-state index contributed by atoms with van der Waals surface area (Å²) in [6, 6.07) is 10.1. The van der Waals surface area contributed by atoms with Gasteiger partial charge in [0.25, 0.3) is 0 Å². The van der Waals surface area contributed by atoms with Gasteiger partial charge < -0.3 is 19.7 Å². The fraction of sp³-hybridized carbons (Fsp3) is 0.444. The highest BCUT2D eigenvalue weighted by Crippen LogP contribution is 2.39. The molecule has 4 aromatic rings. The molecule has 2 aromatic carbocycles. The van der Waals surface area contributed by atoms with Crippen LogP contribution >= 0.6 is 0 Å². The Labute approximate surface area is 282 Å². The number of nitrogens with zero attached hydrogens (tertiary/aromatic N) is 4. The van der Waals surface area contributed by atoms with Gasteiger partial charge in [-0.1, -0.05) is 26.0 Å². The average molecular weight is 678 g/mol. The van der Waals surface area contributed by atoms with Crippen LogP contribution in [-0.2, 0) is 26.7 Å². The fourth-order valence-electron chi connectivity index (χ4n) is 5.81. The summed E-state index contributed by atoms with van der Waals surface area (Å²) in [5.41, 5.74) is 2.53. The van der Waals surface area contributed by atoms with Crippen molar-refractivity contribution in [2.75, 3.05) is 24.2 Å². The monoisotopic (exact) mass is 677 g/mol. The number of halogens is 1. The molecule has 1 fully saturated rings. The number of anilines is 1. The smallest absolute Gasteiger partial charge is 0.410 e. The summed E-state index contributed by atoms with van der Waals surface area (Å²) in [6.45, 7) is 12.3. The minimum Gasteiger partial charge on any atom is -0.444 e. The van der Waals surface area contributed by atoms with Crippen molar-refractivity contribution in [3.8, 4) is 22.9 Å². The van der Waals surface area contributed by atoms with Crippen molar-refractivity contribution >= 4 is 32.7 Å². The number of carbonyl (C=O) groups excluding carboxylic acids is 1. The quantitative estimate of drug-likeness (QED) is 0.180. The van der Waals surface area contributed by atoms with Crippen molar-refractivity contribution in [3.63, 3.8) is 0 Å². The number of aromatic nitrogens is 3. The number of hydrogen-bond acceptors (Lipinski definition) is 9. The molecule has 10 nitrogen and oxygen atoms in total. The molecule has 256 valence electrons. The predicted octanol–water partition coefficient (Wildman–Crippen LogP) is 7.63. The summed E-state index contributed by atoms with van der Waals surface area (Å²) in [5, 5.41) is 4.45. The number of likely N-dealkylation sites (tertiary alicyclic amines) is 1. The summed E-state index contributed by atoms with van der Waals surface area (Å²) in [6.07, 6.45) is 5.92. The van der Waals surface area contributed by atoms with Crippen molar-refractivity contribution in [1.82, 2.24) is 19.9 Å². The summed E-state index contributed by atoms with van der Waals surface area (Å²) < 4.78 is 52.6. The van der Waals surface area contributed by atoms with E-state index in [4.69, 9.17) is 14.5 Å². The van der Waals surface area contributed by atoms with E-state index in [-0.39, 0.29) is 23.5 Å². The largest absolute Gasteiger partial charge is 0.444 e. The molecule has 12 heteroatoms. The fourth-order valence-corrected chi connectivity index (χ4v) is 7.31. The first-order valence-electron chi connectivity index (χ1n) is 16.4. The second-order valence-electron chi connectivity index (χ2n) is 13.3. The molecule has 1 amide bonds. The third-order valence-corrected chi connectivity index (χ3v) is 9.89. The maximum atomic E-state index is 15.1. The van der Waals surface area contributed by atoms with Crippen LogP contribution in [0, 0.1) is 12.7 Å². The standard InChI is InChI=1S/C36H44FN5O5S/c1-7-18-48(44,45)22-29-26-12-11-23(3)32(27(26)13-14-30(29)37)46-33-28(19-24(8-2)20-39-33)31-15-16-38-34(41-31)40-25-10-9-17-42(21-25)35(43)47-36(4,5)6/h11-16,19-20,25H,7-10,17-18,21-22H2,1-6H3,(H,38,40,41)/t25-/m0/s1. The SMILES string of the molecule is CCCS(=O)(=O)Cc1c(F)ccc2c(Oc3ncc(CC)cc3-c3ccnc(N[C@H]4CCCN(C(=O)OC(C)(C)C)C4)n3)c(C)ccc12. The number of pyridine rings is 1. The van der Waals surface area contributed by atoms with E-state index in [9.17, 15) is 13.2 Å². The molecular formula is C36H44FN5O5S. The van der Waals surface area contributed by atoms with Gasteiger partial charge in [-0.05, 0) is 94.2 Å². The predicted molar refractivity (Wildman–Crippen MR) is 186 cm³/mol. The van der Waals surface area contributed by atoms with E-state index in [1.54, 1.807) is 48.5 Å². The lowest BCUT2D eigenvalue weighted by Crippen LogP contribution is -2.47. The lowest BCUT2D eigenvalue weighted by molar-refractivity contribution is 0.0206. The zero-order valence-electron chi connectivity index (χ0n) is 28.5. The van der Waals surface area contributed by atoms with Crippen LogP contribution in [-0.4, -0.2) is 64.8 Å². The van der Waals surface area contributed by atoms with E-state index in [1.165, 1.54) is 6.07 Å². The first-order chi connectivity index (χ1) is 22.8. The van der Waals surface area contributed by atoms with Gasteiger partial charge in [-0.2, -0.15) is 0 Å². The Bertz CT molecular complexity index is 1910. The van der Waals surface area contributed by atoms with Crippen molar-refractivity contribution in [1.29, 1.82) is 0 Å². The van der Waals surface area contributed by atoms with E-state index >= 15 is 4.39 Å². The number of nitrogens with one attached hydrogen (secondary N) is 1. The molecule has 5 rings (SSSR count). The third-order valence-electron chi connectivity index (χ3n) is 8.13. The van der Waals surface area contributed by atoms with Crippen LogP contribution in [0.2, 0.25) is 0 Å². The van der Waals surface area contributed by atoms with Crippen LogP contribution in [0.5, 0.6) is 11.6 Å². The van der Waals surface area contributed by atoms with Crippen LogP contribution in [0.1, 0.15) is 70.6 Å². The lowest BCUT2D eigenvalue weighted by atomic mass is 10.0. The highest BCUT2D eigenvalue weighted by atomic mass is 32.2. The zero-order valence-corrected chi connectivity index (χ0v) is 29.3. The van der Waals surface area contributed by atoms with Crippen molar-refractivity contribution < 1.29 is 27.1 Å². The van der Waals surface area contributed by atoms with Gasteiger partial charge in [0.05, 0.1) is 22.8 Å². The Balaban J connectivity index is 1.46. The number of sulfone groups is 1. The molecule has 1 atom stereocenters. The number of fused-ring (bicyclic) bond motifs is 1. The maximum Gasteiger partial charge on any atom is 0.410 e. The molecule has 0 aliphatic carbocycles. The van der Waals surface area contributed by atoms with Crippen LogP contribution in [0.25, 0.3) is 22.0 Å². The topological polar surface area (TPSA) is 124 Å². The number of piperidine rings is 1. The van der Waals surface area contributed by atoms with Crippen LogP contribution < -0.4 is 10.1 Å². The first kappa shape index (κ1) is 35.0. The Morgan fingerprint density at radius 2 is 1.88 bits per heavy atom. The normalized spacial score (nSPS) is 15.4. The number of benzene rings is 2. The van der Waals surface area contributed by atoms with E-state index < -0.39 is 27.0 Å². The molecule has 0 bridgehead atoms. The Kier molecular flexibility index (Phi) is 10.5. The van der Waals surface area contributed by atoms with E-state index in [0.29, 0.717) is 59.1 Å². The first-order valence-corrected chi connectivity index (χ1v) is 18.2. The highest BCUT2D eigenvalue weighted by Gasteiger charge is 2.28. The number of aryl methyl sites for hydroxylation is 2. The summed E-state index contributed by atoms with van der Waals surface area (Å²) in [7, 11) is -3.50. The maximum absolute atomic E-state index is 15.1. The van der Waals surface area contributed by atoms with Crippen molar-refractivity contribution in [3.05, 3.63) is 71.3 Å². The Hall–Kier alpha value is -4.32. The molecular weight excluding hydrogens is 633 g/mol. The summed E-state index contributed by atoms with van der Waals surface area (Å²) >= 11 is 0. The summed E-state index contributed by atoms with van der Waals surface area (Å²) in [4.78, 5) is 28.4. The second-order valence-corrected chi connectivity index (χ2v) is 15.4. The molecule has 2 aromatic heterocycles. The number of ether oxygens (including phenoxy) is 2. The molecule has 1 saturated heterocycles. The van der Waals surface area contributed by atoms with Crippen LogP contribution in [0.15, 0.2) is 48.8 Å². The van der Waals surface area contributed by atoms with Gasteiger partial charge in [0.15, 0.2) is 9.84 Å². The van der Waals surface area contributed by atoms with Crippen molar-refractivity contribution in [2.45, 2.75) is 84.6 Å². The Morgan fingerprint density at radius 1 is 1.10 bits per heavy atom. The van der Waals surface area contributed by atoms with Gasteiger partial charge in [-0.15, -0.1) is 0 Å². The molecule has 48 heavy (non-hydrogen) atoms. The molecule has 1 N–H and O–H groups in total.